The molecule has 0 aliphatic rings. The number of hydrogen-bond acceptors (Lipinski definition) is 3. The van der Waals surface area contributed by atoms with Crippen molar-refractivity contribution >= 4 is 5.97 Å². The zero-order chi connectivity index (χ0) is 14.2. The molecule has 0 atom stereocenters. The summed E-state index contributed by atoms with van der Waals surface area (Å²) in [5.74, 6) is 0.471. The molecule has 0 spiro atoms. The molecule has 100 valence electrons. The van der Waals surface area contributed by atoms with Crippen molar-refractivity contribution in [3.05, 3.63) is 35.7 Å². The maximum absolute atomic E-state index is 11.0. The summed E-state index contributed by atoms with van der Waals surface area (Å²) < 4.78 is 1.68. The smallest absolute Gasteiger partial charge is 0.335 e. The first-order valence-corrected chi connectivity index (χ1v) is 6.04. The van der Waals surface area contributed by atoms with Crippen LogP contribution in [0.15, 0.2) is 24.3 Å². The minimum Gasteiger partial charge on any atom is -0.478 e. The molecule has 1 aromatic heterocycles. The summed E-state index contributed by atoms with van der Waals surface area (Å²) in [6, 6.07) is 6.72. The van der Waals surface area contributed by atoms with Crippen LogP contribution in [0, 0.1) is 0 Å². The summed E-state index contributed by atoms with van der Waals surface area (Å²) >= 11 is 0. The van der Waals surface area contributed by atoms with E-state index >= 15 is 0 Å². The van der Waals surface area contributed by atoms with Gasteiger partial charge in [0.25, 0.3) is 0 Å². The molecule has 0 fully saturated rings. The monoisotopic (exact) mass is 259 g/mol. The summed E-state index contributed by atoms with van der Waals surface area (Å²) in [4.78, 5) is 15.5. The van der Waals surface area contributed by atoms with Crippen LogP contribution in [0.2, 0.25) is 0 Å². The number of carboxylic acids is 1. The Bertz CT molecular complexity index is 624. The highest BCUT2D eigenvalue weighted by Crippen LogP contribution is 2.23. The lowest BCUT2D eigenvalue weighted by Gasteiger charge is -2.11. The quantitative estimate of drug-likeness (QED) is 0.899. The minimum atomic E-state index is -0.944. The first kappa shape index (κ1) is 13.3. The fourth-order valence-corrected chi connectivity index (χ4v) is 1.74. The molecular weight excluding hydrogens is 242 g/mol. The van der Waals surface area contributed by atoms with Gasteiger partial charge in [0.2, 0.25) is 0 Å². The average Bonchev–Trinajstić information content (AvgIpc) is 2.71. The summed E-state index contributed by atoms with van der Waals surface area (Å²) in [5, 5.41) is 13.4. The zero-order valence-corrected chi connectivity index (χ0v) is 11.5. The van der Waals surface area contributed by atoms with Crippen molar-refractivity contribution < 1.29 is 9.90 Å². The molecule has 0 saturated heterocycles. The Morgan fingerprint density at radius 3 is 2.53 bits per heavy atom. The lowest BCUT2D eigenvalue weighted by Crippen LogP contribution is -2.13. The van der Waals surface area contributed by atoms with Crippen molar-refractivity contribution in [3.63, 3.8) is 0 Å². The van der Waals surface area contributed by atoms with E-state index in [4.69, 9.17) is 5.11 Å². The van der Waals surface area contributed by atoms with Gasteiger partial charge in [-0.05, 0) is 12.1 Å². The molecule has 0 aliphatic carbocycles. The van der Waals surface area contributed by atoms with Gasteiger partial charge in [-0.2, -0.15) is 5.10 Å². The minimum absolute atomic E-state index is 0.138. The van der Waals surface area contributed by atoms with Gasteiger partial charge < -0.3 is 5.11 Å². The molecule has 5 heteroatoms. The van der Waals surface area contributed by atoms with Gasteiger partial charge in [0.1, 0.15) is 0 Å². The molecule has 5 nitrogen and oxygen atoms in total. The van der Waals surface area contributed by atoms with Crippen molar-refractivity contribution in [2.75, 3.05) is 0 Å². The van der Waals surface area contributed by atoms with Gasteiger partial charge in [0.05, 0.1) is 5.56 Å². The van der Waals surface area contributed by atoms with Gasteiger partial charge in [-0.3, -0.25) is 0 Å². The molecule has 1 N–H and O–H groups in total. The largest absolute Gasteiger partial charge is 0.478 e. The van der Waals surface area contributed by atoms with E-state index in [1.165, 1.54) is 0 Å². The van der Waals surface area contributed by atoms with E-state index in [0.29, 0.717) is 5.82 Å². The van der Waals surface area contributed by atoms with Gasteiger partial charge in [0.15, 0.2) is 11.6 Å². The standard InChI is InChI=1S/C14H17N3O2/c1-14(2,3)13-15-11(17(4)16-13)9-6-5-7-10(8-9)12(18)19/h5-8H,1-4H3,(H,18,19). The van der Waals surface area contributed by atoms with Gasteiger partial charge in [-0.15, -0.1) is 0 Å². The van der Waals surface area contributed by atoms with Gasteiger partial charge in [-0.1, -0.05) is 32.9 Å². The average molecular weight is 259 g/mol. The summed E-state index contributed by atoms with van der Waals surface area (Å²) in [7, 11) is 1.81. The third-order valence-electron chi connectivity index (χ3n) is 2.80. The number of aryl methyl sites for hydroxylation is 1. The Morgan fingerprint density at radius 2 is 2.00 bits per heavy atom. The predicted molar refractivity (Wildman–Crippen MR) is 72.1 cm³/mol. The highest BCUT2D eigenvalue weighted by Gasteiger charge is 2.21. The lowest BCUT2D eigenvalue weighted by molar-refractivity contribution is 0.0697. The van der Waals surface area contributed by atoms with E-state index in [0.717, 1.165) is 11.4 Å². The molecule has 19 heavy (non-hydrogen) atoms. The van der Waals surface area contributed by atoms with Gasteiger partial charge in [0, 0.05) is 18.0 Å². The normalized spacial score (nSPS) is 11.6. The number of benzene rings is 1. The van der Waals surface area contributed by atoms with Gasteiger partial charge >= 0.3 is 5.97 Å². The fourth-order valence-electron chi connectivity index (χ4n) is 1.74. The highest BCUT2D eigenvalue weighted by molar-refractivity contribution is 5.89. The maximum atomic E-state index is 11.0. The Hall–Kier alpha value is -2.17. The Labute approximate surface area is 111 Å². The van der Waals surface area contributed by atoms with E-state index in [2.05, 4.69) is 10.1 Å². The molecule has 2 aromatic rings. The molecule has 0 bridgehead atoms. The lowest BCUT2D eigenvalue weighted by atomic mass is 9.96. The van der Waals surface area contributed by atoms with Gasteiger partial charge in [-0.25, -0.2) is 14.5 Å². The van der Waals surface area contributed by atoms with E-state index < -0.39 is 5.97 Å². The summed E-state index contributed by atoms with van der Waals surface area (Å²) in [6.45, 7) is 6.12. The van der Waals surface area contributed by atoms with Crippen LogP contribution >= 0.6 is 0 Å². The van der Waals surface area contributed by atoms with Crippen molar-refractivity contribution in [2.45, 2.75) is 26.2 Å². The zero-order valence-electron chi connectivity index (χ0n) is 11.5. The number of aromatic nitrogens is 3. The van der Waals surface area contributed by atoms with Crippen LogP contribution in [0.25, 0.3) is 11.4 Å². The molecule has 0 aliphatic heterocycles. The van der Waals surface area contributed by atoms with Crippen molar-refractivity contribution in [1.29, 1.82) is 0 Å². The van der Waals surface area contributed by atoms with Crippen LogP contribution in [0.4, 0.5) is 0 Å². The van der Waals surface area contributed by atoms with Crippen LogP contribution in [0.1, 0.15) is 37.0 Å². The number of nitrogens with zero attached hydrogens (tertiary/aromatic N) is 3. The number of hydrogen-bond donors (Lipinski definition) is 1. The van der Waals surface area contributed by atoms with Crippen molar-refractivity contribution in [2.24, 2.45) is 7.05 Å². The maximum Gasteiger partial charge on any atom is 0.335 e. The van der Waals surface area contributed by atoms with E-state index in [-0.39, 0.29) is 11.0 Å². The summed E-state index contributed by atoms with van der Waals surface area (Å²) in [5.41, 5.74) is 0.864. The highest BCUT2D eigenvalue weighted by atomic mass is 16.4. The Balaban J connectivity index is 2.50. The predicted octanol–water partition coefficient (Wildman–Crippen LogP) is 2.48. The molecule has 1 heterocycles. The Morgan fingerprint density at radius 1 is 1.32 bits per heavy atom. The second-order valence-corrected chi connectivity index (χ2v) is 5.52. The third-order valence-corrected chi connectivity index (χ3v) is 2.80. The van der Waals surface area contributed by atoms with E-state index in [1.807, 2.05) is 33.9 Å². The summed E-state index contributed by atoms with van der Waals surface area (Å²) in [6.07, 6.45) is 0. The fraction of sp³-hybridized carbons (Fsp3) is 0.357. The molecule has 0 saturated carbocycles. The third kappa shape index (κ3) is 2.65. The molecule has 1 aromatic carbocycles. The number of carboxylic acid groups (broad SMARTS) is 1. The van der Waals surface area contributed by atoms with Crippen LogP contribution < -0.4 is 0 Å². The number of rotatable bonds is 2. The van der Waals surface area contributed by atoms with Crippen molar-refractivity contribution in [3.8, 4) is 11.4 Å². The number of carbonyl (C=O) groups is 1. The first-order valence-electron chi connectivity index (χ1n) is 6.04. The Kier molecular flexibility index (Phi) is 3.14. The molecule has 0 amide bonds. The van der Waals surface area contributed by atoms with E-state index in [1.54, 1.807) is 22.9 Å². The molecule has 0 radical (unpaired) electrons. The topological polar surface area (TPSA) is 68.0 Å². The van der Waals surface area contributed by atoms with E-state index in [9.17, 15) is 4.79 Å². The van der Waals surface area contributed by atoms with Crippen molar-refractivity contribution in [1.82, 2.24) is 14.8 Å². The SMILES string of the molecule is Cn1nc(C(C)(C)C)nc1-c1cccc(C(=O)O)c1. The second kappa shape index (κ2) is 4.50. The van der Waals surface area contributed by atoms with Crippen LogP contribution in [-0.2, 0) is 12.5 Å². The number of aromatic carboxylic acids is 1. The molecule has 2 rings (SSSR count). The molecule has 0 unspecified atom stereocenters. The first-order chi connectivity index (χ1) is 8.79. The van der Waals surface area contributed by atoms with Crippen LogP contribution in [0.3, 0.4) is 0 Å². The second-order valence-electron chi connectivity index (χ2n) is 5.52. The molecular formula is C14H17N3O2. The van der Waals surface area contributed by atoms with Crippen LogP contribution in [-0.4, -0.2) is 25.8 Å². The van der Waals surface area contributed by atoms with Crippen LogP contribution in [0.5, 0.6) is 0 Å².